The number of sulfonamides is 1. The Bertz CT molecular complexity index is 1780. The van der Waals surface area contributed by atoms with Gasteiger partial charge in [0, 0.05) is 24.5 Å². The molecule has 3 aromatic rings. The maximum absolute atomic E-state index is 14.3. The Balaban J connectivity index is 1.26. The van der Waals surface area contributed by atoms with Crippen LogP contribution in [0.1, 0.15) is 57.3 Å². The molecule has 0 unspecified atom stereocenters. The van der Waals surface area contributed by atoms with E-state index in [1.807, 2.05) is 71.2 Å². The van der Waals surface area contributed by atoms with Crippen molar-refractivity contribution in [2.75, 3.05) is 33.1 Å². The van der Waals surface area contributed by atoms with Gasteiger partial charge in [0.1, 0.15) is 18.5 Å². The first-order valence-corrected chi connectivity index (χ1v) is 20.0. The fourth-order valence-corrected chi connectivity index (χ4v) is 8.75. The lowest BCUT2D eigenvalue weighted by atomic mass is 9.99. The van der Waals surface area contributed by atoms with E-state index in [4.69, 9.17) is 33.2 Å². The second-order valence-electron chi connectivity index (χ2n) is 14.7. The average molecular weight is 760 g/mol. The molecule has 2 saturated heterocycles. The van der Waals surface area contributed by atoms with Crippen LogP contribution in [-0.2, 0) is 42.0 Å². The number of hydrogen-bond donors (Lipinski definition) is 1. The van der Waals surface area contributed by atoms with Gasteiger partial charge in [0.05, 0.1) is 52.5 Å². The van der Waals surface area contributed by atoms with Crippen LogP contribution in [0.15, 0.2) is 52.7 Å². The minimum absolute atomic E-state index is 0.0138. The molecule has 0 radical (unpaired) electrons. The molecular formula is C37H49N3O10S2. The van der Waals surface area contributed by atoms with Gasteiger partial charge in [0.2, 0.25) is 16.8 Å². The first-order chi connectivity index (χ1) is 24.7. The molecule has 0 saturated carbocycles. The number of benzene rings is 2. The van der Waals surface area contributed by atoms with E-state index in [9.17, 15) is 13.2 Å². The third-order valence-corrected chi connectivity index (χ3v) is 11.5. The van der Waals surface area contributed by atoms with Crippen LogP contribution in [0.2, 0.25) is 0 Å². The van der Waals surface area contributed by atoms with Gasteiger partial charge in [-0.05, 0) is 76.3 Å². The summed E-state index contributed by atoms with van der Waals surface area (Å²) in [6.45, 7) is 12.9. The summed E-state index contributed by atoms with van der Waals surface area (Å²) < 4.78 is 70.9. The molecule has 2 aromatic carbocycles. The van der Waals surface area contributed by atoms with Crippen LogP contribution in [0.25, 0.3) is 0 Å². The summed E-state index contributed by atoms with van der Waals surface area (Å²) in [5, 5.41) is 6.01. The lowest BCUT2D eigenvalue weighted by Gasteiger charge is -2.37. The third-order valence-electron chi connectivity index (χ3n) is 8.87. The quantitative estimate of drug-likeness (QED) is 0.204. The van der Waals surface area contributed by atoms with Crippen molar-refractivity contribution >= 4 is 27.5 Å². The Morgan fingerprint density at radius 3 is 2.56 bits per heavy atom. The second kappa shape index (κ2) is 16.3. The largest absolute Gasteiger partial charge is 0.487 e. The van der Waals surface area contributed by atoms with Crippen LogP contribution in [0.5, 0.6) is 17.2 Å². The zero-order valence-corrected chi connectivity index (χ0v) is 32.2. The highest BCUT2D eigenvalue weighted by Crippen LogP contribution is 2.36. The average Bonchev–Trinajstić information content (AvgIpc) is 3.89. The number of carbonyl (C=O) groups excluding carboxylic acids is 1. The van der Waals surface area contributed by atoms with Gasteiger partial charge >= 0.3 is 6.09 Å². The van der Waals surface area contributed by atoms with Crippen molar-refractivity contribution in [1.82, 2.24) is 14.6 Å². The molecule has 1 aromatic heterocycles. The Hall–Kier alpha value is -3.47. The number of thiazole rings is 1. The van der Waals surface area contributed by atoms with Gasteiger partial charge in [-0.2, -0.15) is 4.31 Å². The number of ether oxygens (including phenoxy) is 7. The number of amides is 1. The van der Waals surface area contributed by atoms with E-state index >= 15 is 0 Å². The van der Waals surface area contributed by atoms with Crippen molar-refractivity contribution in [2.24, 2.45) is 11.8 Å². The molecule has 284 valence electrons. The fourth-order valence-electron chi connectivity index (χ4n) is 6.52. The van der Waals surface area contributed by atoms with Crippen molar-refractivity contribution in [2.45, 2.75) is 96.0 Å². The molecule has 6 rings (SSSR count). The molecule has 0 bridgehead atoms. The lowest BCUT2D eigenvalue weighted by Crippen LogP contribution is -2.54. The minimum atomic E-state index is -4.04. The van der Waals surface area contributed by atoms with Crippen molar-refractivity contribution in [3.63, 3.8) is 0 Å². The molecule has 0 spiro atoms. The van der Waals surface area contributed by atoms with E-state index in [1.165, 1.54) is 16.4 Å². The first-order valence-electron chi connectivity index (χ1n) is 17.6. The maximum atomic E-state index is 14.3. The molecule has 2 fully saturated rings. The predicted octanol–water partition coefficient (Wildman–Crippen LogP) is 5.69. The van der Waals surface area contributed by atoms with Gasteiger partial charge in [0.15, 0.2) is 17.8 Å². The summed E-state index contributed by atoms with van der Waals surface area (Å²) in [4.78, 5) is 18.2. The third kappa shape index (κ3) is 9.74. The van der Waals surface area contributed by atoms with Crippen LogP contribution in [0, 0.1) is 18.8 Å². The Kier molecular flexibility index (Phi) is 12.0. The van der Waals surface area contributed by atoms with Gasteiger partial charge in [-0.3, -0.25) is 0 Å². The topological polar surface area (TPSA) is 144 Å². The molecule has 4 heterocycles. The predicted molar refractivity (Wildman–Crippen MR) is 193 cm³/mol. The summed E-state index contributed by atoms with van der Waals surface area (Å²) >= 11 is 1.57. The maximum Gasteiger partial charge on any atom is 0.407 e. The van der Waals surface area contributed by atoms with Crippen molar-refractivity contribution in [1.29, 1.82) is 0 Å². The standard InChI is InChI=1S/C37H49N3O10S2/c1-23(2)17-40(52(42,43)28-11-12-31-32(16-28)48-22-47-31)18-33(50-37(4,5)6)30(39-36(41)49-34-20-46-35-29(34)13-14-44-35)15-25-7-9-27(10-8-25)45-19-26-21-51-24(3)38-26/h7-12,16,21,23,29-30,33-35H,13-15,17-20,22H2,1-6H3,(H,39,41)/t29-,30-,33+,34-,35+/m0/s1. The summed E-state index contributed by atoms with van der Waals surface area (Å²) in [7, 11) is -4.04. The van der Waals surface area contributed by atoms with Gasteiger partial charge < -0.3 is 38.5 Å². The SMILES string of the molecule is Cc1nc(COc2ccc(C[C@H](NC(=O)O[C@H]3CO[C@H]4OCC[C@H]43)[C@@H](CN(CC(C)C)S(=O)(=O)c3ccc4c(c3)OCO4)OC(C)(C)C)cc2)cs1. The number of alkyl carbamates (subject to hydrolysis) is 1. The van der Waals surface area contributed by atoms with E-state index in [0.717, 1.165) is 22.7 Å². The van der Waals surface area contributed by atoms with Gasteiger partial charge in [0.25, 0.3) is 0 Å². The number of rotatable bonds is 15. The number of hydrogen-bond acceptors (Lipinski definition) is 12. The highest BCUT2D eigenvalue weighted by atomic mass is 32.2. The van der Waals surface area contributed by atoms with E-state index in [1.54, 1.807) is 17.4 Å². The minimum Gasteiger partial charge on any atom is -0.487 e. The van der Waals surface area contributed by atoms with Crippen molar-refractivity contribution in [3.8, 4) is 17.2 Å². The summed E-state index contributed by atoms with van der Waals surface area (Å²) in [5.74, 6) is 1.48. The fraction of sp³-hybridized carbons (Fsp3) is 0.568. The number of carbonyl (C=O) groups is 1. The molecule has 1 amide bonds. The highest BCUT2D eigenvalue weighted by Gasteiger charge is 2.44. The van der Waals surface area contributed by atoms with E-state index in [-0.39, 0.29) is 49.5 Å². The molecule has 0 aliphatic carbocycles. The first kappa shape index (κ1) is 38.3. The van der Waals surface area contributed by atoms with E-state index in [2.05, 4.69) is 10.3 Å². The molecule has 15 heteroatoms. The monoisotopic (exact) mass is 759 g/mol. The Morgan fingerprint density at radius 2 is 1.85 bits per heavy atom. The summed E-state index contributed by atoms with van der Waals surface area (Å²) in [5.41, 5.74) is 1.05. The molecule has 1 N–H and O–H groups in total. The second-order valence-corrected chi connectivity index (χ2v) is 17.7. The molecule has 13 nitrogen and oxygen atoms in total. The van der Waals surface area contributed by atoms with Crippen molar-refractivity contribution < 1.29 is 46.4 Å². The number of fused-ring (bicyclic) bond motifs is 2. The molecule has 52 heavy (non-hydrogen) atoms. The number of aromatic nitrogens is 1. The number of nitrogens with zero attached hydrogens (tertiary/aromatic N) is 2. The van der Waals surface area contributed by atoms with Gasteiger partial charge in [-0.1, -0.05) is 26.0 Å². The van der Waals surface area contributed by atoms with Gasteiger partial charge in [-0.25, -0.2) is 18.2 Å². The van der Waals surface area contributed by atoms with Crippen LogP contribution in [-0.4, -0.2) is 87.0 Å². The number of aryl methyl sites for hydroxylation is 1. The van der Waals surface area contributed by atoms with E-state index < -0.39 is 40.0 Å². The lowest BCUT2D eigenvalue weighted by molar-refractivity contribution is -0.0907. The van der Waals surface area contributed by atoms with Gasteiger partial charge in [-0.15, -0.1) is 11.3 Å². The summed E-state index contributed by atoms with van der Waals surface area (Å²) in [6.07, 6.45) is -1.21. The van der Waals surface area contributed by atoms with Crippen molar-refractivity contribution in [3.05, 3.63) is 64.1 Å². The van der Waals surface area contributed by atoms with E-state index in [0.29, 0.717) is 36.9 Å². The number of nitrogens with one attached hydrogen (secondary N) is 1. The molecule has 5 atom stereocenters. The van der Waals surface area contributed by atoms with Crippen LogP contribution in [0.3, 0.4) is 0 Å². The van der Waals surface area contributed by atoms with Crippen LogP contribution < -0.4 is 19.5 Å². The zero-order valence-electron chi connectivity index (χ0n) is 30.5. The molecule has 3 aliphatic rings. The molecule has 3 aliphatic heterocycles. The van der Waals surface area contributed by atoms with Crippen LogP contribution in [0.4, 0.5) is 4.79 Å². The zero-order chi connectivity index (χ0) is 37.0. The Morgan fingerprint density at radius 1 is 1.08 bits per heavy atom. The normalized spacial score (nSPS) is 21.0. The van der Waals surface area contributed by atoms with Crippen LogP contribution >= 0.6 is 11.3 Å². The smallest absolute Gasteiger partial charge is 0.407 e. The molecular weight excluding hydrogens is 711 g/mol. The Labute approximate surface area is 309 Å². The highest BCUT2D eigenvalue weighted by molar-refractivity contribution is 7.89. The summed E-state index contributed by atoms with van der Waals surface area (Å²) in [6, 6.07) is 11.5.